The molecule has 0 aromatic rings. The molecule has 0 aromatic heterocycles. The van der Waals surface area contributed by atoms with Gasteiger partial charge in [0.05, 0.1) is 40.3 Å². The van der Waals surface area contributed by atoms with Crippen molar-refractivity contribution in [2.45, 2.75) is 238 Å². The van der Waals surface area contributed by atoms with Gasteiger partial charge in [0.15, 0.2) is 6.10 Å². The Morgan fingerprint density at radius 2 is 0.893 bits per heavy atom. The molecule has 0 radical (unpaired) electrons. The molecule has 0 aromatic carbocycles. The van der Waals surface area contributed by atoms with E-state index in [0.29, 0.717) is 12.8 Å². The second-order valence-electron chi connectivity index (χ2n) is 17.4. The molecule has 8 nitrogen and oxygen atoms in total. The van der Waals surface area contributed by atoms with Crippen LogP contribution in [0, 0.1) is 0 Å². The van der Waals surface area contributed by atoms with Gasteiger partial charge < -0.3 is 28.6 Å². The third kappa shape index (κ3) is 37.6. The average Bonchev–Trinajstić information content (AvgIpc) is 3.15. The topological polar surface area (TPSA) is 102 Å². The number of hydrogen-bond acceptors (Lipinski definition) is 7. The Hall–Kier alpha value is -1.93. The molecule has 0 saturated carbocycles. The maximum Gasteiger partial charge on any atom is 0.306 e. The maximum atomic E-state index is 12.7. The molecule has 0 aliphatic carbocycles. The molecule has 0 bridgehead atoms. The minimum absolute atomic E-state index is 0.0460. The number of unbranched alkanes of at least 4 members (excludes halogenated alkanes) is 27. The molecule has 56 heavy (non-hydrogen) atoms. The highest BCUT2D eigenvalue weighted by molar-refractivity contribution is 5.70. The van der Waals surface area contributed by atoms with Crippen molar-refractivity contribution in [1.29, 1.82) is 0 Å². The van der Waals surface area contributed by atoms with E-state index in [1.165, 1.54) is 154 Å². The minimum Gasteiger partial charge on any atom is -0.544 e. The quantitative estimate of drug-likeness (QED) is 0.0262. The van der Waals surface area contributed by atoms with Crippen molar-refractivity contribution in [3.8, 4) is 0 Å². The van der Waals surface area contributed by atoms with E-state index in [2.05, 4.69) is 26.0 Å². The van der Waals surface area contributed by atoms with Crippen LogP contribution in [0.4, 0.5) is 0 Å². The van der Waals surface area contributed by atoms with Gasteiger partial charge in [0, 0.05) is 19.3 Å². The van der Waals surface area contributed by atoms with E-state index in [1.807, 2.05) is 0 Å². The average molecular weight is 794 g/mol. The van der Waals surface area contributed by atoms with Gasteiger partial charge in [-0.1, -0.05) is 180 Å². The fourth-order valence-corrected chi connectivity index (χ4v) is 7.18. The van der Waals surface area contributed by atoms with Crippen molar-refractivity contribution >= 4 is 17.9 Å². The van der Waals surface area contributed by atoms with Crippen LogP contribution in [-0.2, 0) is 28.6 Å². The zero-order valence-electron chi connectivity index (χ0n) is 37.6. The Morgan fingerprint density at radius 3 is 1.29 bits per heavy atom. The summed E-state index contributed by atoms with van der Waals surface area (Å²) >= 11 is 0. The van der Waals surface area contributed by atoms with Crippen LogP contribution in [0.1, 0.15) is 226 Å². The van der Waals surface area contributed by atoms with Gasteiger partial charge in [0.25, 0.3) is 0 Å². The molecule has 2 unspecified atom stereocenters. The Morgan fingerprint density at radius 1 is 0.518 bits per heavy atom. The molecule has 0 fully saturated rings. The van der Waals surface area contributed by atoms with Crippen LogP contribution in [0.2, 0.25) is 0 Å². The first-order valence-corrected chi connectivity index (χ1v) is 23.7. The molecule has 0 rings (SSSR count). The van der Waals surface area contributed by atoms with E-state index in [4.69, 9.17) is 14.2 Å². The van der Waals surface area contributed by atoms with Gasteiger partial charge in [0.1, 0.15) is 12.6 Å². The summed E-state index contributed by atoms with van der Waals surface area (Å²) in [6.45, 7) is 4.67. The number of quaternary nitrogens is 1. The number of carbonyl (C=O) groups excluding carboxylic acids is 3. The highest BCUT2D eigenvalue weighted by atomic mass is 16.6. The SMILES string of the molecule is CCCCCCCCCC/C=C\CCCCCCCCCCCCCC(=O)OC(COCCC(C(=O)[O-])[N+](C)(C)C)COC(=O)CCCCCCCCCCC. The molecule has 0 saturated heterocycles. The van der Waals surface area contributed by atoms with E-state index in [-0.39, 0.29) is 42.7 Å². The smallest absolute Gasteiger partial charge is 0.306 e. The van der Waals surface area contributed by atoms with Crippen LogP contribution in [0.5, 0.6) is 0 Å². The summed E-state index contributed by atoms with van der Waals surface area (Å²) in [5.74, 6) is -1.72. The lowest BCUT2D eigenvalue weighted by atomic mass is 10.0. The summed E-state index contributed by atoms with van der Waals surface area (Å²) < 4.78 is 17.2. The number of aliphatic carboxylic acids is 1. The second kappa shape index (κ2) is 39.9. The van der Waals surface area contributed by atoms with E-state index in [9.17, 15) is 19.5 Å². The van der Waals surface area contributed by atoms with Gasteiger partial charge in [-0.2, -0.15) is 0 Å². The van der Waals surface area contributed by atoms with Crippen LogP contribution in [0.3, 0.4) is 0 Å². The number of carbonyl (C=O) groups is 3. The number of ether oxygens (including phenoxy) is 3. The molecule has 0 heterocycles. The molecule has 8 heteroatoms. The highest BCUT2D eigenvalue weighted by Gasteiger charge is 2.25. The molecule has 0 spiro atoms. The molecule has 0 amide bonds. The number of allylic oxidation sites excluding steroid dienone is 2. The lowest BCUT2D eigenvalue weighted by Gasteiger charge is -2.34. The first kappa shape index (κ1) is 54.1. The largest absolute Gasteiger partial charge is 0.544 e. The van der Waals surface area contributed by atoms with Gasteiger partial charge in [-0.25, -0.2) is 0 Å². The van der Waals surface area contributed by atoms with E-state index in [1.54, 1.807) is 21.1 Å². The molecule has 330 valence electrons. The van der Waals surface area contributed by atoms with Crippen molar-refractivity contribution in [3.63, 3.8) is 0 Å². The zero-order chi connectivity index (χ0) is 41.4. The third-order valence-electron chi connectivity index (χ3n) is 10.9. The van der Waals surface area contributed by atoms with Crippen molar-refractivity contribution in [2.75, 3.05) is 41.0 Å². The fraction of sp³-hybridized carbons (Fsp3) is 0.896. The van der Waals surface area contributed by atoms with Crippen LogP contribution in [0.25, 0.3) is 0 Å². The van der Waals surface area contributed by atoms with Crippen LogP contribution >= 0.6 is 0 Å². The summed E-state index contributed by atoms with van der Waals surface area (Å²) in [7, 11) is 5.41. The van der Waals surface area contributed by atoms with E-state index < -0.39 is 18.1 Å². The Bertz CT molecular complexity index is 931. The summed E-state index contributed by atoms with van der Waals surface area (Å²) in [5, 5.41) is 11.6. The van der Waals surface area contributed by atoms with Crippen LogP contribution in [-0.4, -0.2) is 75.5 Å². The van der Waals surface area contributed by atoms with Crippen LogP contribution < -0.4 is 5.11 Å². The second-order valence-corrected chi connectivity index (χ2v) is 17.4. The monoisotopic (exact) mass is 794 g/mol. The molecular formula is C48H91NO7. The lowest BCUT2D eigenvalue weighted by Crippen LogP contribution is -2.55. The van der Waals surface area contributed by atoms with Gasteiger partial charge in [-0.3, -0.25) is 9.59 Å². The standard InChI is InChI=1S/C48H91NO7/c1-6-8-10-12-14-16-17-18-19-20-21-22-23-24-25-26-27-28-29-31-33-35-37-39-47(51)56-44(42-54-41-40-45(48(52)53)49(3,4)5)43-55-46(50)38-36-34-32-30-15-13-11-9-7-2/h20-21,44-45H,6-19,22-43H2,1-5H3/b21-20-. The summed E-state index contributed by atoms with van der Waals surface area (Å²) in [4.78, 5) is 36.8. The minimum atomic E-state index is -1.12. The van der Waals surface area contributed by atoms with E-state index >= 15 is 0 Å². The molecule has 2 atom stereocenters. The van der Waals surface area contributed by atoms with Crippen molar-refractivity contribution in [3.05, 3.63) is 12.2 Å². The van der Waals surface area contributed by atoms with Crippen molar-refractivity contribution < 1.29 is 38.2 Å². The maximum absolute atomic E-state index is 12.7. The third-order valence-corrected chi connectivity index (χ3v) is 10.9. The van der Waals surface area contributed by atoms with E-state index in [0.717, 1.165) is 38.5 Å². The Balaban J connectivity index is 4.14. The first-order valence-electron chi connectivity index (χ1n) is 23.7. The normalized spacial score (nSPS) is 12.9. The fourth-order valence-electron chi connectivity index (χ4n) is 7.18. The van der Waals surface area contributed by atoms with Gasteiger partial charge >= 0.3 is 11.9 Å². The van der Waals surface area contributed by atoms with Gasteiger partial charge in [-0.15, -0.1) is 0 Å². The molecule has 0 aliphatic heterocycles. The Kier molecular flexibility index (Phi) is 38.5. The van der Waals surface area contributed by atoms with Crippen molar-refractivity contribution in [1.82, 2.24) is 0 Å². The predicted molar refractivity (Wildman–Crippen MR) is 231 cm³/mol. The summed E-state index contributed by atoms with van der Waals surface area (Å²) in [6.07, 6.45) is 42.5. The molecule has 0 N–H and O–H groups in total. The number of carboxylic acids is 1. The Labute approximate surface area is 346 Å². The zero-order valence-corrected chi connectivity index (χ0v) is 37.6. The number of rotatable bonds is 43. The summed E-state index contributed by atoms with van der Waals surface area (Å²) in [6, 6.07) is -0.721. The number of carboxylic acid groups (broad SMARTS) is 1. The first-order chi connectivity index (χ1) is 27.1. The number of nitrogens with zero attached hydrogens (tertiary/aromatic N) is 1. The predicted octanol–water partition coefficient (Wildman–Crippen LogP) is 11.8. The lowest BCUT2D eigenvalue weighted by molar-refractivity contribution is -0.889. The van der Waals surface area contributed by atoms with Crippen molar-refractivity contribution in [2.24, 2.45) is 0 Å². The van der Waals surface area contributed by atoms with Gasteiger partial charge in [-0.05, 0) is 38.5 Å². The number of likely N-dealkylation sites (N-methyl/N-ethyl adjacent to an activating group) is 1. The molecular weight excluding hydrogens is 703 g/mol. The van der Waals surface area contributed by atoms with Crippen LogP contribution in [0.15, 0.2) is 12.2 Å². The molecule has 0 aliphatic rings. The summed E-state index contributed by atoms with van der Waals surface area (Å²) in [5.41, 5.74) is 0. The van der Waals surface area contributed by atoms with Gasteiger partial charge in [0.2, 0.25) is 0 Å². The number of hydrogen-bond donors (Lipinski definition) is 0. The number of esters is 2. The highest BCUT2D eigenvalue weighted by Crippen LogP contribution is 2.15.